The summed E-state index contributed by atoms with van der Waals surface area (Å²) in [6.07, 6.45) is 1.63. The third-order valence-electron chi connectivity index (χ3n) is 4.71. The second kappa shape index (κ2) is 7.66. The molecule has 1 heterocycles. The summed E-state index contributed by atoms with van der Waals surface area (Å²) in [7, 11) is 0. The van der Waals surface area contributed by atoms with Crippen LogP contribution in [-0.4, -0.2) is 47.3 Å². The molecule has 2 rings (SSSR count). The third kappa shape index (κ3) is 4.06. The van der Waals surface area contributed by atoms with E-state index in [2.05, 4.69) is 5.32 Å². The van der Waals surface area contributed by atoms with Gasteiger partial charge in [-0.1, -0.05) is 43.7 Å². The topological polar surface area (TPSA) is 78.9 Å². The number of rotatable bonds is 5. The summed E-state index contributed by atoms with van der Waals surface area (Å²) in [5.41, 5.74) is 1.19. The minimum Gasteiger partial charge on any atom is -0.479 e. The quantitative estimate of drug-likeness (QED) is 0.868. The third-order valence-corrected chi connectivity index (χ3v) is 4.71. The van der Waals surface area contributed by atoms with Crippen LogP contribution in [0.25, 0.3) is 0 Å². The van der Waals surface area contributed by atoms with Gasteiger partial charge in [0.15, 0.2) is 6.04 Å². The van der Waals surface area contributed by atoms with Crippen molar-refractivity contribution >= 4 is 12.0 Å². The number of aryl methyl sites for hydroxylation is 1. The number of urea groups is 1. The van der Waals surface area contributed by atoms with Crippen LogP contribution in [0.3, 0.4) is 0 Å². The molecule has 0 aliphatic carbocycles. The number of morpholine rings is 1. The van der Waals surface area contributed by atoms with E-state index in [9.17, 15) is 14.7 Å². The van der Waals surface area contributed by atoms with E-state index in [1.54, 1.807) is 23.1 Å². The van der Waals surface area contributed by atoms with E-state index in [0.29, 0.717) is 25.3 Å². The first kappa shape index (κ1) is 18.3. The van der Waals surface area contributed by atoms with E-state index in [1.807, 2.05) is 26.8 Å². The van der Waals surface area contributed by atoms with Crippen molar-refractivity contribution in [1.82, 2.24) is 10.2 Å². The van der Waals surface area contributed by atoms with Crippen molar-refractivity contribution in [3.8, 4) is 0 Å². The molecule has 2 amide bonds. The number of carboxylic acid groups (broad SMARTS) is 1. The second-order valence-corrected chi connectivity index (χ2v) is 6.30. The van der Waals surface area contributed by atoms with Crippen LogP contribution in [0.15, 0.2) is 24.3 Å². The number of hydrogen-bond donors (Lipinski definition) is 2. The molecule has 1 saturated heterocycles. The molecule has 2 N–H and O–H groups in total. The van der Waals surface area contributed by atoms with Gasteiger partial charge in [-0.25, -0.2) is 9.59 Å². The molecule has 0 aromatic heterocycles. The average molecular weight is 334 g/mol. The van der Waals surface area contributed by atoms with E-state index in [0.717, 1.165) is 18.4 Å². The highest BCUT2D eigenvalue weighted by molar-refractivity contribution is 5.83. The number of amides is 2. The van der Waals surface area contributed by atoms with E-state index in [1.165, 1.54) is 0 Å². The molecular formula is C18H26N2O4. The van der Waals surface area contributed by atoms with Gasteiger partial charge in [0, 0.05) is 6.54 Å². The smallest absolute Gasteiger partial charge is 0.330 e. The highest BCUT2D eigenvalue weighted by Crippen LogP contribution is 2.26. The Labute approximate surface area is 142 Å². The fourth-order valence-corrected chi connectivity index (χ4v) is 3.05. The monoisotopic (exact) mass is 334 g/mol. The molecule has 0 bridgehead atoms. The van der Waals surface area contributed by atoms with Gasteiger partial charge in [-0.2, -0.15) is 0 Å². The number of carboxylic acids is 1. The number of carbonyl (C=O) groups is 2. The number of carbonyl (C=O) groups excluding carboxylic acids is 1. The minimum absolute atomic E-state index is 0.336. The zero-order chi connectivity index (χ0) is 17.7. The maximum Gasteiger partial charge on any atom is 0.330 e. The fraction of sp³-hybridized carbons (Fsp3) is 0.556. The lowest BCUT2D eigenvalue weighted by atomic mass is 9.95. The van der Waals surface area contributed by atoms with Gasteiger partial charge in [0.05, 0.1) is 18.8 Å². The molecule has 132 valence electrons. The van der Waals surface area contributed by atoms with E-state index in [-0.39, 0.29) is 11.6 Å². The van der Waals surface area contributed by atoms with Crippen molar-refractivity contribution in [1.29, 1.82) is 0 Å². The predicted octanol–water partition coefficient (Wildman–Crippen LogP) is 2.72. The molecule has 0 saturated carbocycles. The number of hydrogen-bond acceptors (Lipinski definition) is 3. The molecule has 1 aromatic rings. The van der Waals surface area contributed by atoms with Crippen LogP contribution in [0.2, 0.25) is 0 Å². The minimum atomic E-state index is -1.07. The summed E-state index contributed by atoms with van der Waals surface area (Å²) >= 11 is 0. The molecule has 1 aliphatic heterocycles. The van der Waals surface area contributed by atoms with Crippen LogP contribution in [-0.2, 0) is 9.53 Å². The molecular weight excluding hydrogens is 308 g/mol. The van der Waals surface area contributed by atoms with Crippen LogP contribution in [0.5, 0.6) is 0 Å². The van der Waals surface area contributed by atoms with E-state index >= 15 is 0 Å². The van der Waals surface area contributed by atoms with Gasteiger partial charge in [0.1, 0.15) is 0 Å². The lowest BCUT2D eigenvalue weighted by Crippen LogP contribution is -2.56. The SMILES string of the molecule is CCC1(CC)CN(C(=O)NC(C(=O)O)c2cccc(C)c2)CCO1. The average Bonchev–Trinajstić information content (AvgIpc) is 2.59. The van der Waals surface area contributed by atoms with Crippen molar-refractivity contribution in [2.45, 2.75) is 45.3 Å². The van der Waals surface area contributed by atoms with Gasteiger partial charge in [0.25, 0.3) is 0 Å². The maximum absolute atomic E-state index is 12.6. The molecule has 1 unspecified atom stereocenters. The zero-order valence-electron chi connectivity index (χ0n) is 14.5. The Kier molecular flexibility index (Phi) is 5.83. The molecule has 0 spiro atoms. The number of aliphatic carboxylic acids is 1. The van der Waals surface area contributed by atoms with Crippen molar-refractivity contribution in [3.63, 3.8) is 0 Å². The Balaban J connectivity index is 2.12. The standard InChI is InChI=1S/C18H26N2O4/c1-4-18(5-2)12-20(9-10-24-18)17(23)19-15(16(21)22)14-8-6-7-13(3)11-14/h6-8,11,15H,4-5,9-10,12H2,1-3H3,(H,19,23)(H,21,22). The Hall–Kier alpha value is -2.08. The van der Waals surface area contributed by atoms with E-state index < -0.39 is 12.0 Å². The molecule has 0 radical (unpaired) electrons. The Morgan fingerprint density at radius 2 is 2.08 bits per heavy atom. The summed E-state index contributed by atoms with van der Waals surface area (Å²) < 4.78 is 5.86. The van der Waals surface area contributed by atoms with Crippen LogP contribution in [0, 0.1) is 6.92 Å². The van der Waals surface area contributed by atoms with Gasteiger partial charge < -0.3 is 20.1 Å². The van der Waals surface area contributed by atoms with Gasteiger partial charge in [-0.05, 0) is 25.3 Å². The largest absolute Gasteiger partial charge is 0.479 e. The van der Waals surface area contributed by atoms with Crippen LogP contribution >= 0.6 is 0 Å². The van der Waals surface area contributed by atoms with Crippen LogP contribution in [0.4, 0.5) is 4.79 Å². The number of ether oxygens (including phenoxy) is 1. The first-order chi connectivity index (χ1) is 11.4. The first-order valence-corrected chi connectivity index (χ1v) is 8.39. The maximum atomic E-state index is 12.6. The molecule has 1 atom stereocenters. The summed E-state index contributed by atoms with van der Waals surface area (Å²) in [6, 6.07) is 5.76. The summed E-state index contributed by atoms with van der Waals surface area (Å²) in [4.78, 5) is 25.9. The Morgan fingerprint density at radius 1 is 1.38 bits per heavy atom. The number of nitrogens with zero attached hydrogens (tertiary/aromatic N) is 1. The molecule has 6 nitrogen and oxygen atoms in total. The Bertz CT molecular complexity index is 598. The lowest BCUT2D eigenvalue weighted by Gasteiger charge is -2.42. The summed E-state index contributed by atoms with van der Waals surface area (Å²) in [5, 5.41) is 12.1. The fourth-order valence-electron chi connectivity index (χ4n) is 3.05. The normalized spacial score (nSPS) is 18.0. The highest BCUT2D eigenvalue weighted by Gasteiger charge is 2.36. The molecule has 24 heavy (non-hydrogen) atoms. The van der Waals surface area contributed by atoms with E-state index in [4.69, 9.17) is 4.74 Å². The van der Waals surface area contributed by atoms with Gasteiger partial charge in [0.2, 0.25) is 0 Å². The van der Waals surface area contributed by atoms with Gasteiger partial charge in [-0.3, -0.25) is 0 Å². The van der Waals surface area contributed by atoms with Crippen molar-refractivity contribution in [2.75, 3.05) is 19.7 Å². The molecule has 1 aliphatic rings. The van der Waals surface area contributed by atoms with Crippen molar-refractivity contribution in [2.24, 2.45) is 0 Å². The van der Waals surface area contributed by atoms with Crippen LogP contribution < -0.4 is 5.32 Å². The van der Waals surface area contributed by atoms with Crippen molar-refractivity contribution < 1.29 is 19.4 Å². The second-order valence-electron chi connectivity index (χ2n) is 6.30. The predicted molar refractivity (Wildman–Crippen MR) is 90.9 cm³/mol. The highest BCUT2D eigenvalue weighted by atomic mass is 16.5. The Morgan fingerprint density at radius 3 is 2.67 bits per heavy atom. The lowest BCUT2D eigenvalue weighted by molar-refractivity contribution is -0.139. The molecule has 1 fully saturated rings. The number of benzene rings is 1. The molecule has 1 aromatic carbocycles. The van der Waals surface area contributed by atoms with Gasteiger partial charge >= 0.3 is 12.0 Å². The number of nitrogens with one attached hydrogen (secondary N) is 1. The summed E-state index contributed by atoms with van der Waals surface area (Å²) in [5.74, 6) is -1.07. The van der Waals surface area contributed by atoms with Crippen LogP contribution in [0.1, 0.15) is 43.9 Å². The zero-order valence-corrected chi connectivity index (χ0v) is 14.5. The van der Waals surface area contributed by atoms with Gasteiger partial charge in [-0.15, -0.1) is 0 Å². The van der Waals surface area contributed by atoms with Crippen molar-refractivity contribution in [3.05, 3.63) is 35.4 Å². The molecule has 6 heteroatoms. The summed E-state index contributed by atoms with van der Waals surface area (Å²) in [6.45, 7) is 7.38. The first-order valence-electron chi connectivity index (χ1n) is 8.39.